The molecule has 0 unspecified atom stereocenters. The monoisotopic (exact) mass is 655 g/mol. The number of anilines is 2. The first-order chi connectivity index (χ1) is 23.3. The Morgan fingerprint density at radius 2 is 1.48 bits per heavy atom. The van der Waals surface area contributed by atoms with Crippen molar-refractivity contribution in [1.82, 2.24) is 10.3 Å². The van der Waals surface area contributed by atoms with Gasteiger partial charge in [-0.25, -0.2) is 4.79 Å². The highest BCUT2D eigenvalue weighted by molar-refractivity contribution is 6.31. The van der Waals surface area contributed by atoms with E-state index >= 15 is 0 Å². The third-order valence-electron chi connectivity index (χ3n) is 7.91. The van der Waals surface area contributed by atoms with Crippen molar-refractivity contribution in [3.63, 3.8) is 0 Å². The highest BCUT2D eigenvalue weighted by Crippen LogP contribution is 2.31. The second-order valence-corrected chi connectivity index (χ2v) is 11.8. The summed E-state index contributed by atoms with van der Waals surface area (Å²) < 4.78 is 0. The normalized spacial score (nSPS) is 12.0. The lowest BCUT2D eigenvalue weighted by atomic mass is 9.99. The predicted octanol–water partition coefficient (Wildman–Crippen LogP) is 8.74. The van der Waals surface area contributed by atoms with Gasteiger partial charge in [0.2, 0.25) is 0 Å². The van der Waals surface area contributed by atoms with Crippen molar-refractivity contribution in [1.29, 1.82) is 0 Å². The van der Waals surface area contributed by atoms with E-state index in [9.17, 15) is 14.7 Å². The van der Waals surface area contributed by atoms with Gasteiger partial charge in [0.05, 0.1) is 17.3 Å². The minimum absolute atomic E-state index is 0.0280. The Labute approximate surface area is 283 Å². The zero-order valence-electron chi connectivity index (χ0n) is 26.2. The summed E-state index contributed by atoms with van der Waals surface area (Å²) >= 11 is 6.03. The fourth-order valence-corrected chi connectivity index (χ4v) is 5.73. The van der Waals surface area contributed by atoms with Crippen molar-refractivity contribution in [2.75, 3.05) is 17.2 Å². The summed E-state index contributed by atoms with van der Waals surface area (Å²) in [5.41, 5.74) is 6.33. The number of benzene rings is 5. The van der Waals surface area contributed by atoms with E-state index in [4.69, 9.17) is 16.6 Å². The highest BCUT2D eigenvalue weighted by atomic mass is 35.5. The minimum Gasteiger partial charge on any atom is -0.494 e. The third kappa shape index (κ3) is 7.74. The van der Waals surface area contributed by atoms with E-state index in [2.05, 4.69) is 20.9 Å². The van der Waals surface area contributed by atoms with Gasteiger partial charge in [-0.2, -0.15) is 0 Å². The van der Waals surface area contributed by atoms with E-state index < -0.39 is 0 Å². The van der Waals surface area contributed by atoms with E-state index in [1.807, 2.05) is 91.9 Å². The molecule has 48 heavy (non-hydrogen) atoms. The maximum Gasteiger partial charge on any atom is 0.323 e. The van der Waals surface area contributed by atoms with Crippen LogP contribution in [0.1, 0.15) is 45.6 Å². The lowest BCUT2D eigenvalue weighted by Crippen LogP contribution is -2.26. The summed E-state index contributed by atoms with van der Waals surface area (Å²) in [6.07, 6.45) is 0.579. The largest absolute Gasteiger partial charge is 0.494 e. The van der Waals surface area contributed by atoms with Gasteiger partial charge in [-0.1, -0.05) is 90.5 Å². The maximum absolute atomic E-state index is 13.3. The van der Waals surface area contributed by atoms with Crippen molar-refractivity contribution in [3.05, 3.63) is 160 Å². The average Bonchev–Trinajstić information content (AvgIpc) is 3.42. The van der Waals surface area contributed by atoms with Crippen LogP contribution in [0.4, 0.5) is 16.2 Å². The summed E-state index contributed by atoms with van der Waals surface area (Å²) in [5, 5.41) is 21.1. The number of carbonyl (C=O) groups excluding carboxylic acids is 2. The number of aliphatic imine (C=N–C) groups is 1. The number of H-pyrrole nitrogens is 1. The van der Waals surface area contributed by atoms with Crippen LogP contribution in [-0.4, -0.2) is 34.3 Å². The molecule has 0 aliphatic carbocycles. The van der Waals surface area contributed by atoms with E-state index in [0.717, 1.165) is 16.7 Å². The molecular formula is C39H34ClN5O3. The van der Waals surface area contributed by atoms with Crippen LogP contribution in [0.5, 0.6) is 5.88 Å². The van der Waals surface area contributed by atoms with Crippen molar-refractivity contribution in [2.45, 2.75) is 19.4 Å². The van der Waals surface area contributed by atoms with Gasteiger partial charge in [-0.05, 0) is 73.0 Å². The minimum atomic E-state index is -0.379. The van der Waals surface area contributed by atoms with Crippen molar-refractivity contribution in [3.8, 4) is 5.88 Å². The zero-order chi connectivity index (χ0) is 33.5. The van der Waals surface area contributed by atoms with Crippen molar-refractivity contribution in [2.24, 2.45) is 4.99 Å². The Kier molecular flexibility index (Phi) is 9.83. The molecule has 5 aromatic carbocycles. The number of fused-ring (bicyclic) bond motifs is 1. The standard InChI is InChI=1S/C39H34ClN5O3/c1-25(27-11-4-2-5-12-27)42-37(46)29-18-19-34-33(23-29)35(38(47)45-34)36(28-13-6-3-7-14-28)41-21-20-26-10-8-16-31(22-26)43-39(48)44-32-17-9-15-30(40)24-32/h2-19,22-25,45,47H,20-21H2,1H3,(H,42,46)(H2,43,44,48)/t25-/m1/s1. The number of hydrogen-bond donors (Lipinski definition) is 5. The molecule has 0 radical (unpaired) electrons. The number of aromatic nitrogens is 1. The molecule has 6 rings (SSSR count). The second-order valence-electron chi connectivity index (χ2n) is 11.4. The van der Waals surface area contributed by atoms with Gasteiger partial charge in [0.15, 0.2) is 5.88 Å². The quantitative estimate of drug-likeness (QED) is 0.0950. The molecule has 0 spiro atoms. The van der Waals surface area contributed by atoms with E-state index in [1.165, 1.54) is 0 Å². The molecule has 0 saturated heterocycles. The first kappa shape index (κ1) is 32.1. The highest BCUT2D eigenvalue weighted by Gasteiger charge is 2.20. The molecule has 1 aromatic heterocycles. The lowest BCUT2D eigenvalue weighted by Gasteiger charge is -2.14. The molecule has 0 saturated carbocycles. The predicted molar refractivity (Wildman–Crippen MR) is 193 cm³/mol. The number of aromatic hydroxyl groups is 1. The first-order valence-electron chi connectivity index (χ1n) is 15.6. The van der Waals surface area contributed by atoms with Crippen molar-refractivity contribution < 1.29 is 14.7 Å². The molecule has 3 amide bonds. The number of halogens is 1. The molecule has 1 atom stereocenters. The summed E-state index contributed by atoms with van der Waals surface area (Å²) in [5.74, 6) is -0.243. The van der Waals surface area contributed by atoms with Crippen LogP contribution >= 0.6 is 11.6 Å². The van der Waals surface area contributed by atoms with Crippen LogP contribution in [0.2, 0.25) is 5.02 Å². The van der Waals surface area contributed by atoms with Crippen LogP contribution in [0.25, 0.3) is 10.9 Å². The van der Waals surface area contributed by atoms with E-state index in [0.29, 0.717) is 57.1 Å². The molecule has 6 aromatic rings. The van der Waals surface area contributed by atoms with Crippen LogP contribution in [0.3, 0.4) is 0 Å². The van der Waals surface area contributed by atoms with Crippen molar-refractivity contribution >= 4 is 51.5 Å². The number of rotatable bonds is 10. The number of carbonyl (C=O) groups is 2. The number of urea groups is 1. The number of nitrogens with zero attached hydrogens (tertiary/aromatic N) is 1. The van der Waals surface area contributed by atoms with Crippen LogP contribution in [-0.2, 0) is 6.42 Å². The summed E-state index contributed by atoms with van der Waals surface area (Å²) in [6, 6.07) is 38.7. The average molecular weight is 656 g/mol. The van der Waals surface area contributed by atoms with Crippen LogP contribution in [0.15, 0.2) is 132 Å². The Morgan fingerprint density at radius 3 is 2.21 bits per heavy atom. The zero-order valence-corrected chi connectivity index (χ0v) is 27.0. The molecule has 8 nitrogen and oxygen atoms in total. The Balaban J connectivity index is 1.23. The van der Waals surface area contributed by atoms with Gasteiger partial charge in [0.25, 0.3) is 5.91 Å². The molecule has 0 fully saturated rings. The second kappa shape index (κ2) is 14.7. The smallest absolute Gasteiger partial charge is 0.323 e. The van der Waals surface area contributed by atoms with Gasteiger partial charge in [-0.3, -0.25) is 9.79 Å². The van der Waals surface area contributed by atoms with Crippen LogP contribution in [0, 0.1) is 0 Å². The molecule has 5 N–H and O–H groups in total. The van der Waals surface area contributed by atoms with E-state index in [-0.39, 0.29) is 23.9 Å². The third-order valence-corrected chi connectivity index (χ3v) is 8.15. The molecule has 240 valence electrons. The molecule has 1 heterocycles. The van der Waals surface area contributed by atoms with Gasteiger partial charge in [0, 0.05) is 45.0 Å². The van der Waals surface area contributed by atoms with Gasteiger partial charge in [-0.15, -0.1) is 0 Å². The summed E-state index contributed by atoms with van der Waals surface area (Å²) in [6.45, 7) is 2.35. The molecule has 0 aliphatic heterocycles. The summed E-state index contributed by atoms with van der Waals surface area (Å²) in [4.78, 5) is 33.9. The van der Waals surface area contributed by atoms with Gasteiger partial charge in [0.1, 0.15) is 0 Å². The topological polar surface area (TPSA) is 119 Å². The molecular weight excluding hydrogens is 622 g/mol. The van der Waals surface area contributed by atoms with E-state index in [1.54, 1.807) is 42.5 Å². The van der Waals surface area contributed by atoms with Crippen LogP contribution < -0.4 is 16.0 Å². The molecule has 0 aliphatic rings. The molecule has 9 heteroatoms. The lowest BCUT2D eigenvalue weighted by molar-refractivity contribution is 0.0940. The Bertz CT molecular complexity index is 2090. The number of hydrogen-bond acceptors (Lipinski definition) is 4. The number of aromatic amines is 1. The van der Waals surface area contributed by atoms with Gasteiger partial charge < -0.3 is 26.0 Å². The Morgan fingerprint density at radius 1 is 0.792 bits per heavy atom. The fourth-order valence-electron chi connectivity index (χ4n) is 5.54. The SMILES string of the molecule is C[C@@H](NC(=O)c1ccc2[nH]c(O)c(C(=NCCc3cccc(NC(=O)Nc4cccc(Cl)c4)c3)c3ccccc3)c2c1)c1ccccc1. The summed E-state index contributed by atoms with van der Waals surface area (Å²) in [7, 11) is 0. The number of nitrogens with one attached hydrogen (secondary N) is 4. The maximum atomic E-state index is 13.3. The first-order valence-corrected chi connectivity index (χ1v) is 15.9. The fraction of sp³-hybridized carbons (Fsp3) is 0.103. The molecule has 0 bridgehead atoms. The number of amides is 3. The Hall–Kier alpha value is -5.86. The van der Waals surface area contributed by atoms with Gasteiger partial charge >= 0.3 is 6.03 Å².